The zero-order chi connectivity index (χ0) is 18.4. The van der Waals surface area contributed by atoms with Crippen LogP contribution in [0, 0.1) is 0 Å². The van der Waals surface area contributed by atoms with Crippen LogP contribution in [0.2, 0.25) is 0 Å². The van der Waals surface area contributed by atoms with Gasteiger partial charge in [-0.05, 0) is 38.5 Å². The molecule has 1 aromatic rings. The number of piperidine rings is 1. The minimum absolute atomic E-state index is 0.0512. The van der Waals surface area contributed by atoms with E-state index in [9.17, 15) is 9.59 Å². The molecule has 1 N–H and O–H groups in total. The van der Waals surface area contributed by atoms with Crippen molar-refractivity contribution in [1.82, 2.24) is 20.1 Å². The molecule has 26 heavy (non-hydrogen) atoms. The van der Waals surface area contributed by atoms with Gasteiger partial charge in [-0.2, -0.15) is 0 Å². The lowest BCUT2D eigenvalue weighted by molar-refractivity contribution is -0.140. The average Bonchev–Trinajstić information content (AvgIpc) is 3.43. The van der Waals surface area contributed by atoms with Gasteiger partial charge in [-0.15, -0.1) is 10.2 Å². The Balaban J connectivity index is 1.49. The highest BCUT2D eigenvalue weighted by molar-refractivity contribution is 7.99. The maximum atomic E-state index is 12.0. The summed E-state index contributed by atoms with van der Waals surface area (Å²) in [5.74, 6) is 0.970. The molecular weight excluding hydrogens is 354 g/mol. The third-order valence-electron chi connectivity index (χ3n) is 4.64. The number of methoxy groups -OCH3 is 1. The van der Waals surface area contributed by atoms with Gasteiger partial charge in [0.1, 0.15) is 0 Å². The highest BCUT2D eigenvalue weighted by Crippen LogP contribution is 2.41. The summed E-state index contributed by atoms with van der Waals surface area (Å²) in [5, 5.41) is 12.4. The van der Waals surface area contributed by atoms with Gasteiger partial charge in [-0.1, -0.05) is 11.8 Å². The largest absolute Gasteiger partial charge is 0.469 e. The quantitative estimate of drug-likeness (QED) is 0.396. The van der Waals surface area contributed by atoms with Gasteiger partial charge < -0.3 is 15.0 Å². The summed E-state index contributed by atoms with van der Waals surface area (Å²) >= 11 is 1.44. The number of hydrogen-bond acceptors (Lipinski definition) is 7. The first kappa shape index (κ1) is 19.0. The van der Waals surface area contributed by atoms with Gasteiger partial charge in [0, 0.05) is 32.1 Å². The van der Waals surface area contributed by atoms with Gasteiger partial charge in [-0.25, -0.2) is 0 Å². The molecule has 144 valence electrons. The van der Waals surface area contributed by atoms with Crippen LogP contribution in [-0.4, -0.2) is 59.1 Å². The van der Waals surface area contributed by atoms with E-state index in [0.29, 0.717) is 31.2 Å². The van der Waals surface area contributed by atoms with Gasteiger partial charge in [-0.3, -0.25) is 14.2 Å². The molecule has 9 heteroatoms. The normalized spacial score (nSPS) is 17.2. The van der Waals surface area contributed by atoms with Crippen molar-refractivity contribution in [1.29, 1.82) is 0 Å². The van der Waals surface area contributed by atoms with Gasteiger partial charge in [0.15, 0.2) is 5.16 Å². The zero-order valence-electron chi connectivity index (χ0n) is 15.3. The zero-order valence-corrected chi connectivity index (χ0v) is 16.1. The predicted octanol–water partition coefficient (Wildman–Crippen LogP) is 1.76. The van der Waals surface area contributed by atoms with Crippen LogP contribution in [0.1, 0.15) is 51.0 Å². The molecule has 2 aliphatic rings. The topological polar surface area (TPSA) is 89.3 Å². The first-order valence-corrected chi connectivity index (χ1v) is 10.3. The Morgan fingerprint density at radius 3 is 2.69 bits per heavy atom. The molecule has 0 spiro atoms. The molecule has 8 nitrogen and oxygen atoms in total. The van der Waals surface area contributed by atoms with Crippen molar-refractivity contribution in [2.24, 2.45) is 0 Å². The fraction of sp³-hybridized carbons (Fsp3) is 0.765. The fourth-order valence-corrected chi connectivity index (χ4v) is 3.90. The third kappa shape index (κ3) is 5.12. The monoisotopic (exact) mass is 381 g/mol. The van der Waals surface area contributed by atoms with E-state index in [1.807, 2.05) is 0 Å². The van der Waals surface area contributed by atoms with Gasteiger partial charge >= 0.3 is 5.97 Å². The van der Waals surface area contributed by atoms with Crippen molar-refractivity contribution in [2.75, 3.05) is 37.4 Å². The number of esters is 1. The number of rotatable bonds is 9. The number of anilines is 1. The van der Waals surface area contributed by atoms with E-state index in [-0.39, 0.29) is 11.9 Å². The molecule has 1 amide bonds. The number of thioether (sulfide) groups is 1. The molecule has 0 aromatic carbocycles. The van der Waals surface area contributed by atoms with E-state index in [2.05, 4.69) is 29.7 Å². The number of nitrogens with one attached hydrogen (secondary N) is 1. The summed E-state index contributed by atoms with van der Waals surface area (Å²) < 4.78 is 6.80. The van der Waals surface area contributed by atoms with E-state index >= 15 is 0 Å². The van der Waals surface area contributed by atoms with Crippen molar-refractivity contribution in [3.05, 3.63) is 0 Å². The average molecular weight is 382 g/mol. The van der Waals surface area contributed by atoms with Crippen molar-refractivity contribution >= 4 is 29.6 Å². The standard InChI is InChI=1S/C17H27N5O3S/c1-25-15(24)6-5-9-18-14(23)12-26-17-20-19-16(22(17)13-7-8-13)21-10-3-2-4-11-21/h13H,2-12H2,1H3,(H,18,23). The Hall–Kier alpha value is -1.77. The van der Waals surface area contributed by atoms with E-state index in [0.717, 1.165) is 37.0 Å². The van der Waals surface area contributed by atoms with Crippen LogP contribution in [-0.2, 0) is 14.3 Å². The second-order valence-corrected chi connectivity index (χ2v) is 7.69. The number of hydrogen-bond donors (Lipinski definition) is 1. The number of carbonyl (C=O) groups excluding carboxylic acids is 2. The number of aromatic nitrogens is 3. The van der Waals surface area contributed by atoms with Gasteiger partial charge in [0.2, 0.25) is 11.9 Å². The Bertz CT molecular complexity index is 626. The molecule has 0 unspecified atom stereocenters. The maximum absolute atomic E-state index is 12.0. The second-order valence-electron chi connectivity index (χ2n) is 6.75. The first-order valence-electron chi connectivity index (χ1n) is 9.35. The first-order chi connectivity index (χ1) is 12.7. The highest BCUT2D eigenvalue weighted by atomic mass is 32.2. The Kier molecular flexibility index (Phi) is 6.76. The molecule has 3 rings (SSSR count). The van der Waals surface area contributed by atoms with Crippen molar-refractivity contribution in [3.8, 4) is 0 Å². The lowest BCUT2D eigenvalue weighted by Gasteiger charge is -2.27. The van der Waals surface area contributed by atoms with Gasteiger partial charge in [0.05, 0.1) is 12.9 Å². The van der Waals surface area contributed by atoms with E-state index < -0.39 is 0 Å². The summed E-state index contributed by atoms with van der Waals surface area (Å²) in [6.07, 6.45) is 6.91. The summed E-state index contributed by atoms with van der Waals surface area (Å²) in [4.78, 5) is 25.4. The molecule has 1 saturated carbocycles. The van der Waals surface area contributed by atoms with E-state index in [1.54, 1.807) is 0 Å². The lowest BCUT2D eigenvalue weighted by atomic mass is 10.1. The number of carbonyl (C=O) groups is 2. The summed E-state index contributed by atoms with van der Waals surface area (Å²) in [6, 6.07) is 0.479. The smallest absolute Gasteiger partial charge is 0.305 e. The number of ether oxygens (including phenoxy) is 1. The highest BCUT2D eigenvalue weighted by Gasteiger charge is 2.32. The molecule has 2 fully saturated rings. The van der Waals surface area contributed by atoms with E-state index in [4.69, 9.17) is 0 Å². The molecule has 0 radical (unpaired) electrons. The number of nitrogens with zero attached hydrogens (tertiary/aromatic N) is 4. The maximum Gasteiger partial charge on any atom is 0.305 e. The molecule has 2 heterocycles. The van der Waals surface area contributed by atoms with Crippen LogP contribution in [0.5, 0.6) is 0 Å². The summed E-state index contributed by atoms with van der Waals surface area (Å²) in [7, 11) is 1.37. The van der Waals surface area contributed by atoms with Crippen LogP contribution in [0.15, 0.2) is 5.16 Å². The summed E-state index contributed by atoms with van der Waals surface area (Å²) in [6.45, 7) is 2.55. The van der Waals surface area contributed by atoms with E-state index in [1.165, 1.54) is 38.1 Å². The molecule has 1 aliphatic carbocycles. The van der Waals surface area contributed by atoms with Crippen LogP contribution < -0.4 is 10.2 Å². The van der Waals surface area contributed by atoms with Gasteiger partial charge in [0.25, 0.3) is 0 Å². The summed E-state index contributed by atoms with van der Waals surface area (Å²) in [5.41, 5.74) is 0. The van der Waals surface area contributed by atoms with Crippen LogP contribution >= 0.6 is 11.8 Å². The molecule has 1 saturated heterocycles. The van der Waals surface area contributed by atoms with Crippen molar-refractivity contribution in [2.45, 2.75) is 56.1 Å². The number of amides is 1. The fourth-order valence-electron chi connectivity index (χ4n) is 3.07. The minimum Gasteiger partial charge on any atom is -0.469 e. The van der Waals surface area contributed by atoms with Crippen LogP contribution in [0.3, 0.4) is 0 Å². The molecule has 1 aromatic heterocycles. The Labute approximate surface area is 158 Å². The lowest BCUT2D eigenvalue weighted by Crippen LogP contribution is -2.32. The minimum atomic E-state index is -0.253. The Morgan fingerprint density at radius 1 is 1.23 bits per heavy atom. The second kappa shape index (κ2) is 9.25. The Morgan fingerprint density at radius 2 is 2.00 bits per heavy atom. The van der Waals surface area contributed by atoms with Crippen molar-refractivity contribution in [3.63, 3.8) is 0 Å². The molecule has 0 atom stereocenters. The van der Waals surface area contributed by atoms with Crippen LogP contribution in [0.25, 0.3) is 0 Å². The molecular formula is C17H27N5O3S. The SMILES string of the molecule is COC(=O)CCCNC(=O)CSc1nnc(N2CCCCC2)n1C1CC1. The third-order valence-corrected chi connectivity index (χ3v) is 5.58. The van der Waals surface area contributed by atoms with Crippen LogP contribution in [0.4, 0.5) is 5.95 Å². The predicted molar refractivity (Wildman–Crippen MR) is 99.3 cm³/mol. The molecule has 1 aliphatic heterocycles. The molecule has 0 bridgehead atoms. The van der Waals surface area contributed by atoms with Crippen molar-refractivity contribution < 1.29 is 14.3 Å².